The van der Waals surface area contributed by atoms with Crippen LogP contribution >= 0.6 is 0 Å². The largest absolute Gasteiger partial charge is 0.478 e. The van der Waals surface area contributed by atoms with Gasteiger partial charge in [-0.25, -0.2) is 14.2 Å². The summed E-state index contributed by atoms with van der Waals surface area (Å²) in [5, 5.41) is 9.50. The zero-order valence-electron chi connectivity index (χ0n) is 20.4. The topological polar surface area (TPSA) is 81.3 Å². The Kier molecular flexibility index (Phi) is 8.01. The maximum Gasteiger partial charge on any atom is 0.336 e. The average molecular weight is 475 g/mol. The summed E-state index contributed by atoms with van der Waals surface area (Å²) in [6, 6.07) is 14.6. The number of carboxylic acids is 1. The summed E-state index contributed by atoms with van der Waals surface area (Å²) in [5.74, 6) is -1.09. The number of hydrogen-bond donors (Lipinski definition) is 1. The normalized spacial score (nSPS) is 14.2. The van der Waals surface area contributed by atoms with Crippen LogP contribution in [0.25, 0.3) is 11.1 Å². The molecule has 184 valence electrons. The van der Waals surface area contributed by atoms with Crippen LogP contribution in [0.1, 0.15) is 84.7 Å². The summed E-state index contributed by atoms with van der Waals surface area (Å²) >= 11 is 0. The van der Waals surface area contributed by atoms with Crippen molar-refractivity contribution in [2.45, 2.75) is 71.3 Å². The van der Waals surface area contributed by atoms with Gasteiger partial charge in [0, 0.05) is 17.8 Å². The second kappa shape index (κ2) is 11.3. The highest BCUT2D eigenvalue weighted by Crippen LogP contribution is 2.26. The van der Waals surface area contributed by atoms with Crippen LogP contribution in [0.15, 0.2) is 59.5 Å². The number of aromatic nitrogens is 2. The summed E-state index contributed by atoms with van der Waals surface area (Å²) in [6.07, 6.45) is 10.7. The van der Waals surface area contributed by atoms with Crippen LogP contribution in [0.5, 0.6) is 0 Å². The third-order valence-electron chi connectivity index (χ3n) is 7.05. The SMILES string of the molecule is CCCCCc1cn(C(=O)C2CCCCC2)c(=O)n1Cc1ccc(-c2ccccc2C(=O)O)cc1. The van der Waals surface area contributed by atoms with E-state index < -0.39 is 5.97 Å². The lowest BCUT2D eigenvalue weighted by Gasteiger charge is -2.19. The van der Waals surface area contributed by atoms with Gasteiger partial charge >= 0.3 is 11.7 Å². The minimum Gasteiger partial charge on any atom is -0.478 e. The number of aromatic carboxylic acids is 1. The van der Waals surface area contributed by atoms with E-state index in [1.807, 2.05) is 30.3 Å². The van der Waals surface area contributed by atoms with Gasteiger partial charge in [0.15, 0.2) is 0 Å². The second-order valence-electron chi connectivity index (χ2n) is 9.54. The van der Waals surface area contributed by atoms with Crippen LogP contribution in [0, 0.1) is 5.92 Å². The zero-order chi connectivity index (χ0) is 24.8. The fourth-order valence-corrected chi connectivity index (χ4v) is 5.05. The summed E-state index contributed by atoms with van der Waals surface area (Å²) in [4.78, 5) is 38.1. The van der Waals surface area contributed by atoms with Crippen LogP contribution in [-0.4, -0.2) is 26.1 Å². The van der Waals surface area contributed by atoms with Gasteiger partial charge in [-0.1, -0.05) is 81.5 Å². The molecule has 2 aromatic carbocycles. The van der Waals surface area contributed by atoms with Crippen molar-refractivity contribution in [2.24, 2.45) is 5.92 Å². The van der Waals surface area contributed by atoms with E-state index in [1.54, 1.807) is 29.0 Å². The molecule has 1 aliphatic carbocycles. The maximum absolute atomic E-state index is 13.4. The molecule has 0 spiro atoms. The molecule has 4 rings (SSSR count). The standard InChI is InChI=1S/C29H34N2O4/c1-2-3-5-12-24-20-31(27(32)23-10-6-4-7-11-23)29(35)30(24)19-21-15-17-22(18-16-21)25-13-8-9-14-26(25)28(33)34/h8-9,13-18,20,23H,2-7,10-12,19H2,1H3,(H,33,34). The molecule has 1 heterocycles. The molecule has 0 radical (unpaired) electrons. The number of carboxylic acid groups (broad SMARTS) is 1. The van der Waals surface area contributed by atoms with Gasteiger partial charge in [-0.05, 0) is 48.4 Å². The molecule has 35 heavy (non-hydrogen) atoms. The number of hydrogen-bond acceptors (Lipinski definition) is 3. The molecular weight excluding hydrogens is 440 g/mol. The van der Waals surface area contributed by atoms with Gasteiger partial charge in [-0.2, -0.15) is 0 Å². The lowest BCUT2D eigenvalue weighted by molar-refractivity contribution is 0.0697. The van der Waals surface area contributed by atoms with Crippen molar-refractivity contribution < 1.29 is 14.7 Å². The first-order valence-corrected chi connectivity index (χ1v) is 12.8. The molecule has 0 saturated heterocycles. The lowest BCUT2D eigenvalue weighted by Crippen LogP contribution is -2.34. The molecule has 0 amide bonds. The molecule has 0 atom stereocenters. The minimum absolute atomic E-state index is 0.0608. The van der Waals surface area contributed by atoms with E-state index in [1.165, 1.54) is 4.57 Å². The Morgan fingerprint density at radius 3 is 2.37 bits per heavy atom. The van der Waals surface area contributed by atoms with Gasteiger partial charge < -0.3 is 5.11 Å². The first kappa shape index (κ1) is 24.7. The Hall–Kier alpha value is -3.41. The Morgan fingerprint density at radius 1 is 0.971 bits per heavy atom. The van der Waals surface area contributed by atoms with Crippen molar-refractivity contribution >= 4 is 11.9 Å². The molecule has 0 unspecified atom stereocenters. The summed E-state index contributed by atoms with van der Waals surface area (Å²) < 4.78 is 3.09. The number of rotatable bonds is 9. The van der Waals surface area contributed by atoms with Crippen molar-refractivity contribution in [1.82, 2.24) is 9.13 Å². The highest BCUT2D eigenvalue weighted by Gasteiger charge is 2.25. The second-order valence-corrected chi connectivity index (χ2v) is 9.54. The molecule has 1 N–H and O–H groups in total. The van der Waals surface area contributed by atoms with E-state index in [0.29, 0.717) is 12.1 Å². The van der Waals surface area contributed by atoms with Crippen molar-refractivity contribution in [2.75, 3.05) is 0 Å². The molecular formula is C29H34N2O4. The zero-order valence-corrected chi connectivity index (χ0v) is 20.4. The van der Waals surface area contributed by atoms with Gasteiger partial charge in [0.05, 0.1) is 12.1 Å². The van der Waals surface area contributed by atoms with Crippen molar-refractivity contribution in [3.05, 3.63) is 82.0 Å². The molecule has 0 bridgehead atoms. The predicted octanol–water partition coefficient (Wildman–Crippen LogP) is 6.02. The van der Waals surface area contributed by atoms with Gasteiger partial charge in [-0.15, -0.1) is 0 Å². The molecule has 1 aromatic heterocycles. The van der Waals surface area contributed by atoms with Crippen LogP contribution in [0.3, 0.4) is 0 Å². The first-order valence-electron chi connectivity index (χ1n) is 12.8. The molecule has 3 aromatic rings. The third kappa shape index (κ3) is 5.64. The smallest absolute Gasteiger partial charge is 0.336 e. The van der Waals surface area contributed by atoms with Crippen molar-refractivity contribution in [3.63, 3.8) is 0 Å². The number of imidazole rings is 1. The van der Waals surface area contributed by atoms with Gasteiger partial charge in [0.25, 0.3) is 0 Å². The fourth-order valence-electron chi connectivity index (χ4n) is 5.05. The summed E-state index contributed by atoms with van der Waals surface area (Å²) in [6.45, 7) is 2.53. The van der Waals surface area contributed by atoms with E-state index >= 15 is 0 Å². The van der Waals surface area contributed by atoms with Crippen LogP contribution in [0.4, 0.5) is 0 Å². The molecule has 1 fully saturated rings. The first-order chi connectivity index (χ1) is 17.0. The van der Waals surface area contributed by atoms with Crippen LogP contribution in [-0.2, 0) is 13.0 Å². The number of carbonyl (C=O) groups is 2. The molecule has 6 heteroatoms. The number of unbranched alkanes of at least 4 members (excludes halogenated alkanes) is 2. The van der Waals surface area contributed by atoms with Gasteiger partial charge in [0.1, 0.15) is 0 Å². The van der Waals surface area contributed by atoms with E-state index in [4.69, 9.17) is 0 Å². The monoisotopic (exact) mass is 474 g/mol. The van der Waals surface area contributed by atoms with Crippen molar-refractivity contribution in [1.29, 1.82) is 0 Å². The maximum atomic E-state index is 13.4. The number of carbonyl (C=O) groups excluding carboxylic acids is 1. The summed E-state index contributed by atoms with van der Waals surface area (Å²) in [5.41, 5.74) is 3.30. The molecule has 0 aliphatic heterocycles. The van der Waals surface area contributed by atoms with Crippen molar-refractivity contribution in [3.8, 4) is 11.1 Å². The fraction of sp³-hybridized carbons (Fsp3) is 0.414. The van der Waals surface area contributed by atoms with E-state index in [-0.39, 0.29) is 23.1 Å². The predicted molar refractivity (Wildman–Crippen MR) is 137 cm³/mol. The highest BCUT2D eigenvalue weighted by atomic mass is 16.4. The Labute approximate surface area is 206 Å². The number of nitrogens with zero attached hydrogens (tertiary/aromatic N) is 2. The molecule has 1 saturated carbocycles. The van der Waals surface area contributed by atoms with E-state index in [2.05, 4.69) is 6.92 Å². The summed E-state index contributed by atoms with van der Waals surface area (Å²) in [7, 11) is 0. The van der Waals surface area contributed by atoms with Crippen LogP contribution < -0.4 is 5.69 Å². The number of benzene rings is 2. The molecule has 1 aliphatic rings. The lowest BCUT2D eigenvalue weighted by atomic mass is 9.88. The Morgan fingerprint density at radius 2 is 1.69 bits per heavy atom. The van der Waals surface area contributed by atoms with Gasteiger partial charge in [0.2, 0.25) is 5.91 Å². The molecule has 6 nitrogen and oxygen atoms in total. The minimum atomic E-state index is -0.961. The van der Waals surface area contributed by atoms with Crippen LogP contribution in [0.2, 0.25) is 0 Å². The number of aryl methyl sites for hydroxylation is 1. The third-order valence-corrected chi connectivity index (χ3v) is 7.05. The van der Waals surface area contributed by atoms with E-state index in [9.17, 15) is 19.5 Å². The van der Waals surface area contributed by atoms with E-state index in [0.717, 1.165) is 74.6 Å². The quantitative estimate of drug-likeness (QED) is 0.385. The Balaban J connectivity index is 1.61. The average Bonchev–Trinajstić information content (AvgIpc) is 3.19. The Bertz CT molecular complexity index is 1230. The van der Waals surface area contributed by atoms with Gasteiger partial charge in [-0.3, -0.25) is 9.36 Å². The highest BCUT2D eigenvalue weighted by molar-refractivity contribution is 5.96.